The first-order valence-electron chi connectivity index (χ1n) is 6.92. The summed E-state index contributed by atoms with van der Waals surface area (Å²) in [6.07, 6.45) is -1.07. The molecule has 1 aromatic rings. The number of amides is 3. The van der Waals surface area contributed by atoms with Crippen molar-refractivity contribution in [3.63, 3.8) is 0 Å². The number of benzene rings is 1. The predicted octanol–water partition coefficient (Wildman–Crippen LogP) is 1.16. The molecule has 1 unspecified atom stereocenters. The largest absolute Gasteiger partial charge is 0.508 e. The average Bonchev–Trinajstić information content (AvgIpc) is 2.46. The summed E-state index contributed by atoms with van der Waals surface area (Å²) in [6.45, 7) is 4.20. The Morgan fingerprint density at radius 2 is 1.82 bits per heavy atom. The Kier molecular flexibility index (Phi) is 7.38. The Labute approximate surface area is 128 Å². The van der Waals surface area contributed by atoms with Crippen molar-refractivity contribution in [3.8, 4) is 11.5 Å². The lowest BCUT2D eigenvalue weighted by Crippen LogP contribution is -2.45. The van der Waals surface area contributed by atoms with Crippen LogP contribution in [-0.2, 0) is 4.74 Å². The average molecular weight is 311 g/mol. The van der Waals surface area contributed by atoms with E-state index in [0.29, 0.717) is 12.4 Å². The third-order valence-electron chi connectivity index (χ3n) is 2.44. The standard InChI is InChI=1S/C14H21N3O5/c1-3-21-14(20)16-9-8-15-13(19)17-10(2)22-12-6-4-11(18)5-7-12/h4-7,10,18H,3,8-9H2,1-2H3,(H,16,20)(H2,15,17,19). The first-order valence-corrected chi connectivity index (χ1v) is 6.92. The number of hydrogen-bond donors (Lipinski definition) is 4. The monoisotopic (exact) mass is 311 g/mol. The van der Waals surface area contributed by atoms with E-state index < -0.39 is 18.4 Å². The minimum absolute atomic E-state index is 0.139. The molecule has 0 bridgehead atoms. The maximum absolute atomic E-state index is 11.6. The van der Waals surface area contributed by atoms with Gasteiger partial charge in [-0.15, -0.1) is 0 Å². The summed E-state index contributed by atoms with van der Waals surface area (Å²) in [5, 5.41) is 16.8. The lowest BCUT2D eigenvalue weighted by Gasteiger charge is -2.16. The lowest BCUT2D eigenvalue weighted by molar-refractivity contribution is 0.152. The van der Waals surface area contributed by atoms with E-state index in [1.807, 2.05) is 0 Å². The SMILES string of the molecule is CCOC(=O)NCCNC(=O)NC(C)Oc1ccc(O)cc1. The number of carbonyl (C=O) groups excluding carboxylic acids is 2. The van der Waals surface area contributed by atoms with Gasteiger partial charge in [-0.05, 0) is 38.1 Å². The summed E-state index contributed by atoms with van der Waals surface area (Å²) in [6, 6.07) is 5.74. The Hall–Kier alpha value is -2.64. The first kappa shape index (κ1) is 17.4. The van der Waals surface area contributed by atoms with Gasteiger partial charge in [0.2, 0.25) is 0 Å². The number of hydrogen-bond acceptors (Lipinski definition) is 5. The van der Waals surface area contributed by atoms with E-state index in [1.54, 1.807) is 26.0 Å². The Morgan fingerprint density at radius 1 is 1.18 bits per heavy atom. The van der Waals surface area contributed by atoms with Gasteiger partial charge in [-0.1, -0.05) is 0 Å². The molecule has 0 saturated heterocycles. The number of urea groups is 1. The van der Waals surface area contributed by atoms with Crippen LogP contribution in [0.4, 0.5) is 9.59 Å². The molecule has 1 atom stereocenters. The third kappa shape index (κ3) is 7.22. The van der Waals surface area contributed by atoms with E-state index in [0.717, 1.165) is 0 Å². The fraction of sp³-hybridized carbons (Fsp3) is 0.429. The number of ether oxygens (including phenoxy) is 2. The highest BCUT2D eigenvalue weighted by Gasteiger charge is 2.08. The molecule has 22 heavy (non-hydrogen) atoms. The molecule has 8 heteroatoms. The smallest absolute Gasteiger partial charge is 0.407 e. The van der Waals surface area contributed by atoms with Crippen molar-refractivity contribution in [1.29, 1.82) is 0 Å². The normalized spacial score (nSPS) is 11.2. The van der Waals surface area contributed by atoms with Crippen molar-refractivity contribution in [1.82, 2.24) is 16.0 Å². The molecule has 122 valence electrons. The number of carbonyl (C=O) groups is 2. The number of alkyl carbamates (subject to hydrolysis) is 1. The maximum atomic E-state index is 11.6. The van der Waals surface area contributed by atoms with Gasteiger partial charge < -0.3 is 30.5 Å². The topological polar surface area (TPSA) is 109 Å². The molecule has 8 nitrogen and oxygen atoms in total. The number of nitrogens with one attached hydrogen (secondary N) is 3. The Bertz CT molecular complexity index is 478. The van der Waals surface area contributed by atoms with Crippen LogP contribution in [0.2, 0.25) is 0 Å². The second kappa shape index (κ2) is 9.32. The molecule has 0 radical (unpaired) electrons. The maximum Gasteiger partial charge on any atom is 0.407 e. The molecule has 3 amide bonds. The quantitative estimate of drug-likeness (QED) is 0.446. The highest BCUT2D eigenvalue weighted by Crippen LogP contribution is 2.16. The van der Waals surface area contributed by atoms with E-state index in [-0.39, 0.29) is 18.8 Å². The van der Waals surface area contributed by atoms with Crippen LogP contribution in [-0.4, -0.2) is 43.2 Å². The van der Waals surface area contributed by atoms with Gasteiger partial charge in [-0.25, -0.2) is 9.59 Å². The summed E-state index contributed by atoms with van der Waals surface area (Å²) >= 11 is 0. The van der Waals surface area contributed by atoms with Gasteiger partial charge in [0.05, 0.1) is 6.61 Å². The number of aromatic hydroxyl groups is 1. The van der Waals surface area contributed by atoms with Crippen molar-refractivity contribution in [2.45, 2.75) is 20.1 Å². The van der Waals surface area contributed by atoms with Gasteiger partial charge in [0.25, 0.3) is 0 Å². The van der Waals surface area contributed by atoms with Crippen LogP contribution in [0, 0.1) is 0 Å². The molecule has 1 aromatic carbocycles. The van der Waals surface area contributed by atoms with Crippen molar-refractivity contribution >= 4 is 12.1 Å². The van der Waals surface area contributed by atoms with Crippen LogP contribution >= 0.6 is 0 Å². The van der Waals surface area contributed by atoms with Crippen molar-refractivity contribution in [2.75, 3.05) is 19.7 Å². The van der Waals surface area contributed by atoms with Crippen LogP contribution in [0.3, 0.4) is 0 Å². The minimum atomic E-state index is -0.553. The zero-order valence-corrected chi connectivity index (χ0v) is 12.6. The number of phenolic OH excluding ortho intramolecular Hbond substituents is 1. The highest BCUT2D eigenvalue weighted by atomic mass is 16.5. The zero-order chi connectivity index (χ0) is 16.4. The summed E-state index contributed by atoms with van der Waals surface area (Å²) < 4.78 is 10.1. The molecular weight excluding hydrogens is 290 g/mol. The summed E-state index contributed by atoms with van der Waals surface area (Å²) in [5.41, 5.74) is 0. The molecule has 0 aliphatic heterocycles. The van der Waals surface area contributed by atoms with Gasteiger partial charge in [-0.2, -0.15) is 0 Å². The Balaban J connectivity index is 2.18. The molecule has 4 N–H and O–H groups in total. The Morgan fingerprint density at radius 3 is 2.45 bits per heavy atom. The number of phenols is 1. The minimum Gasteiger partial charge on any atom is -0.508 e. The van der Waals surface area contributed by atoms with Gasteiger partial charge in [0, 0.05) is 13.1 Å². The second-order valence-electron chi connectivity index (χ2n) is 4.30. The van der Waals surface area contributed by atoms with Crippen LogP contribution in [0.5, 0.6) is 11.5 Å². The molecule has 0 fully saturated rings. The van der Waals surface area contributed by atoms with Crippen molar-refractivity contribution in [2.24, 2.45) is 0 Å². The van der Waals surface area contributed by atoms with Gasteiger partial charge in [-0.3, -0.25) is 0 Å². The summed E-state index contributed by atoms with van der Waals surface area (Å²) in [5.74, 6) is 0.661. The van der Waals surface area contributed by atoms with Crippen molar-refractivity contribution < 1.29 is 24.2 Å². The predicted molar refractivity (Wildman–Crippen MR) is 79.8 cm³/mol. The third-order valence-corrected chi connectivity index (χ3v) is 2.44. The van der Waals surface area contributed by atoms with E-state index in [4.69, 9.17) is 9.84 Å². The van der Waals surface area contributed by atoms with E-state index in [1.165, 1.54) is 12.1 Å². The van der Waals surface area contributed by atoms with Crippen LogP contribution in [0.15, 0.2) is 24.3 Å². The highest BCUT2D eigenvalue weighted by molar-refractivity contribution is 5.74. The molecule has 0 saturated carbocycles. The zero-order valence-electron chi connectivity index (χ0n) is 12.6. The van der Waals surface area contributed by atoms with Gasteiger partial charge in [0.1, 0.15) is 11.5 Å². The second-order valence-corrected chi connectivity index (χ2v) is 4.30. The fourth-order valence-electron chi connectivity index (χ4n) is 1.52. The molecule has 1 rings (SSSR count). The van der Waals surface area contributed by atoms with Crippen LogP contribution in [0.1, 0.15) is 13.8 Å². The molecule has 0 heterocycles. The summed E-state index contributed by atoms with van der Waals surface area (Å²) in [4.78, 5) is 22.6. The molecular formula is C14H21N3O5. The van der Waals surface area contributed by atoms with Gasteiger partial charge in [0.15, 0.2) is 6.23 Å². The molecule has 0 spiro atoms. The summed E-state index contributed by atoms with van der Waals surface area (Å²) in [7, 11) is 0. The fourth-order valence-corrected chi connectivity index (χ4v) is 1.52. The first-order chi connectivity index (χ1) is 10.5. The van der Waals surface area contributed by atoms with E-state index in [9.17, 15) is 9.59 Å². The number of rotatable bonds is 7. The van der Waals surface area contributed by atoms with E-state index in [2.05, 4.69) is 20.7 Å². The van der Waals surface area contributed by atoms with Crippen LogP contribution < -0.4 is 20.7 Å². The van der Waals surface area contributed by atoms with E-state index >= 15 is 0 Å². The van der Waals surface area contributed by atoms with Gasteiger partial charge >= 0.3 is 12.1 Å². The van der Waals surface area contributed by atoms with Crippen LogP contribution in [0.25, 0.3) is 0 Å². The molecule has 0 aliphatic rings. The van der Waals surface area contributed by atoms with Crippen molar-refractivity contribution in [3.05, 3.63) is 24.3 Å². The molecule has 0 aliphatic carbocycles. The molecule has 0 aromatic heterocycles. The lowest BCUT2D eigenvalue weighted by atomic mass is 10.3.